The van der Waals surface area contributed by atoms with E-state index in [-0.39, 0.29) is 0 Å². The number of hydrogen-bond acceptors (Lipinski definition) is 2. The molecule has 0 atom stereocenters. The van der Waals surface area contributed by atoms with Gasteiger partial charge in [0.25, 0.3) is 0 Å². The van der Waals surface area contributed by atoms with Gasteiger partial charge in [0.1, 0.15) is 0 Å². The molecule has 2 N–H and O–H groups in total. The molecule has 0 aromatic carbocycles. The van der Waals surface area contributed by atoms with E-state index < -0.39 is 0 Å². The van der Waals surface area contributed by atoms with Gasteiger partial charge in [-0.25, -0.2) is 0 Å². The molecule has 0 amide bonds. The van der Waals surface area contributed by atoms with Crippen LogP contribution < -0.4 is 10.6 Å². The Morgan fingerprint density at radius 3 is 2.13 bits per heavy atom. The number of unbranched alkanes of at least 4 members (excludes halogenated alkanes) is 3. The smallest absolute Gasteiger partial charge is 0.0454 e. The summed E-state index contributed by atoms with van der Waals surface area (Å²) in [6.07, 6.45) is 6.62. The van der Waals surface area contributed by atoms with Crippen molar-refractivity contribution >= 4 is 0 Å². The predicted molar refractivity (Wildman–Crippen MR) is 69.1 cm³/mol. The molecule has 0 radical (unpaired) electrons. The van der Waals surface area contributed by atoms with E-state index in [0.29, 0.717) is 5.41 Å². The lowest BCUT2D eigenvalue weighted by molar-refractivity contribution is 0.363. The van der Waals surface area contributed by atoms with Gasteiger partial charge in [-0.3, -0.25) is 0 Å². The van der Waals surface area contributed by atoms with Gasteiger partial charge in [-0.15, -0.1) is 0 Å². The molecule has 2 heteroatoms. The normalized spacial score (nSPS) is 12.0. The van der Waals surface area contributed by atoms with Gasteiger partial charge in [0.2, 0.25) is 0 Å². The fraction of sp³-hybridized carbons (Fsp3) is 1.00. The van der Waals surface area contributed by atoms with Crippen LogP contribution in [0.5, 0.6) is 0 Å². The molecule has 2 nitrogen and oxygen atoms in total. The molecule has 0 saturated heterocycles. The second-order valence-corrected chi connectivity index (χ2v) is 5.55. The third-order valence-electron chi connectivity index (χ3n) is 2.51. The summed E-state index contributed by atoms with van der Waals surface area (Å²) in [5.74, 6) is 0. The maximum Gasteiger partial charge on any atom is 0.0454 e. The zero-order valence-electron chi connectivity index (χ0n) is 11.2. The van der Waals surface area contributed by atoms with Crippen LogP contribution >= 0.6 is 0 Å². The Kier molecular flexibility index (Phi) is 9.12. The Morgan fingerprint density at radius 2 is 1.53 bits per heavy atom. The van der Waals surface area contributed by atoms with E-state index in [1.807, 2.05) is 0 Å². The lowest BCUT2D eigenvalue weighted by Crippen LogP contribution is -2.31. The zero-order valence-corrected chi connectivity index (χ0v) is 11.2. The van der Waals surface area contributed by atoms with Crippen LogP contribution in [-0.2, 0) is 0 Å². The minimum Gasteiger partial charge on any atom is -0.304 e. The summed E-state index contributed by atoms with van der Waals surface area (Å²) in [6.45, 7) is 12.3. The maximum absolute atomic E-state index is 3.42. The van der Waals surface area contributed by atoms with E-state index in [0.717, 1.165) is 19.8 Å². The van der Waals surface area contributed by atoms with Crippen LogP contribution in [0.15, 0.2) is 0 Å². The van der Waals surface area contributed by atoms with Gasteiger partial charge in [0.05, 0.1) is 0 Å². The van der Waals surface area contributed by atoms with Crippen molar-refractivity contribution in [3.05, 3.63) is 0 Å². The van der Waals surface area contributed by atoms with Crippen molar-refractivity contribution in [1.82, 2.24) is 10.6 Å². The first-order chi connectivity index (χ1) is 7.06. The standard InChI is InChI=1S/C13H30N2/c1-5-6-7-8-10-14-12-15-11-9-13(2,3)4/h14-15H,5-12H2,1-4H3. The molecule has 92 valence electrons. The molecule has 15 heavy (non-hydrogen) atoms. The fourth-order valence-corrected chi connectivity index (χ4v) is 1.41. The van der Waals surface area contributed by atoms with E-state index in [2.05, 4.69) is 38.3 Å². The van der Waals surface area contributed by atoms with Crippen LogP contribution in [0.25, 0.3) is 0 Å². The van der Waals surface area contributed by atoms with E-state index in [9.17, 15) is 0 Å². The van der Waals surface area contributed by atoms with E-state index >= 15 is 0 Å². The first-order valence-corrected chi connectivity index (χ1v) is 6.47. The van der Waals surface area contributed by atoms with Gasteiger partial charge in [0, 0.05) is 6.67 Å². The third-order valence-corrected chi connectivity index (χ3v) is 2.51. The van der Waals surface area contributed by atoms with Gasteiger partial charge >= 0.3 is 0 Å². The molecule has 0 aliphatic carbocycles. The van der Waals surface area contributed by atoms with Gasteiger partial charge in [-0.05, 0) is 31.3 Å². The molecule has 0 unspecified atom stereocenters. The van der Waals surface area contributed by atoms with Crippen LogP contribution in [0.1, 0.15) is 59.8 Å². The highest BCUT2D eigenvalue weighted by molar-refractivity contribution is 4.62. The molecule has 0 heterocycles. The second kappa shape index (κ2) is 9.17. The zero-order chi connectivity index (χ0) is 11.6. The highest BCUT2D eigenvalue weighted by Crippen LogP contribution is 2.16. The van der Waals surface area contributed by atoms with Crippen molar-refractivity contribution in [2.24, 2.45) is 5.41 Å². The summed E-state index contributed by atoms with van der Waals surface area (Å²) in [4.78, 5) is 0. The summed E-state index contributed by atoms with van der Waals surface area (Å²) in [6, 6.07) is 0. The Morgan fingerprint density at radius 1 is 0.867 bits per heavy atom. The molecular weight excluding hydrogens is 184 g/mol. The molecule has 0 aliphatic heterocycles. The molecule has 0 aromatic rings. The largest absolute Gasteiger partial charge is 0.304 e. The average molecular weight is 214 g/mol. The molecule has 0 bridgehead atoms. The molecule has 0 aliphatic rings. The lowest BCUT2D eigenvalue weighted by atomic mass is 9.92. The summed E-state index contributed by atoms with van der Waals surface area (Å²) in [5.41, 5.74) is 0.453. The SMILES string of the molecule is CCCCCCNCNCCC(C)(C)C. The summed E-state index contributed by atoms with van der Waals surface area (Å²) in [5, 5.41) is 6.84. The average Bonchev–Trinajstić information content (AvgIpc) is 2.14. The molecule has 0 aromatic heterocycles. The van der Waals surface area contributed by atoms with Crippen molar-refractivity contribution in [1.29, 1.82) is 0 Å². The first-order valence-electron chi connectivity index (χ1n) is 6.47. The quantitative estimate of drug-likeness (QED) is 0.455. The summed E-state index contributed by atoms with van der Waals surface area (Å²) >= 11 is 0. The molecule has 0 saturated carbocycles. The number of rotatable bonds is 9. The van der Waals surface area contributed by atoms with Gasteiger partial charge in [-0.1, -0.05) is 47.0 Å². The summed E-state index contributed by atoms with van der Waals surface area (Å²) in [7, 11) is 0. The highest BCUT2D eigenvalue weighted by Gasteiger charge is 2.08. The van der Waals surface area contributed by atoms with Crippen LogP contribution in [-0.4, -0.2) is 19.8 Å². The minimum atomic E-state index is 0.453. The molecular formula is C13H30N2. The molecule has 0 fully saturated rings. The Hall–Kier alpha value is -0.0800. The molecule has 0 spiro atoms. The highest BCUT2D eigenvalue weighted by atomic mass is 15.0. The Balaban J connectivity index is 2.99. The Bertz CT molecular complexity index is 127. The van der Waals surface area contributed by atoms with Crippen LogP contribution in [0.3, 0.4) is 0 Å². The van der Waals surface area contributed by atoms with Crippen molar-refractivity contribution < 1.29 is 0 Å². The second-order valence-electron chi connectivity index (χ2n) is 5.55. The maximum atomic E-state index is 3.42. The topological polar surface area (TPSA) is 24.1 Å². The lowest BCUT2D eigenvalue weighted by Gasteiger charge is -2.18. The number of hydrogen-bond donors (Lipinski definition) is 2. The van der Waals surface area contributed by atoms with Crippen molar-refractivity contribution in [3.8, 4) is 0 Å². The van der Waals surface area contributed by atoms with Gasteiger partial charge in [0.15, 0.2) is 0 Å². The monoisotopic (exact) mass is 214 g/mol. The van der Waals surface area contributed by atoms with Crippen molar-refractivity contribution in [2.75, 3.05) is 19.8 Å². The van der Waals surface area contributed by atoms with E-state index in [1.54, 1.807) is 0 Å². The summed E-state index contributed by atoms with van der Waals surface area (Å²) < 4.78 is 0. The van der Waals surface area contributed by atoms with Crippen molar-refractivity contribution in [2.45, 2.75) is 59.8 Å². The van der Waals surface area contributed by atoms with Crippen molar-refractivity contribution in [3.63, 3.8) is 0 Å². The van der Waals surface area contributed by atoms with E-state index in [4.69, 9.17) is 0 Å². The first kappa shape index (κ1) is 14.9. The van der Waals surface area contributed by atoms with Gasteiger partial charge < -0.3 is 10.6 Å². The van der Waals surface area contributed by atoms with Gasteiger partial charge in [-0.2, -0.15) is 0 Å². The third kappa shape index (κ3) is 13.9. The minimum absolute atomic E-state index is 0.453. The fourth-order valence-electron chi connectivity index (χ4n) is 1.41. The molecule has 0 rings (SSSR count). The number of nitrogens with one attached hydrogen (secondary N) is 2. The van der Waals surface area contributed by atoms with E-state index in [1.165, 1.54) is 32.1 Å². The van der Waals surface area contributed by atoms with Crippen LogP contribution in [0, 0.1) is 5.41 Å². The van der Waals surface area contributed by atoms with Crippen LogP contribution in [0.2, 0.25) is 0 Å². The predicted octanol–water partition coefficient (Wildman–Crippen LogP) is 3.14. The Labute approximate surface area is 96.2 Å². The van der Waals surface area contributed by atoms with Crippen LogP contribution in [0.4, 0.5) is 0 Å².